The number of benzene rings is 2. The summed E-state index contributed by atoms with van der Waals surface area (Å²) in [6.07, 6.45) is 2.69. The Morgan fingerprint density at radius 1 is 1.17 bits per heavy atom. The number of aromatic amines is 1. The molecule has 0 radical (unpaired) electrons. The zero-order valence-corrected chi connectivity index (χ0v) is 16.3. The van der Waals surface area contributed by atoms with Crippen LogP contribution in [0.2, 0.25) is 0 Å². The molecule has 8 nitrogen and oxygen atoms in total. The van der Waals surface area contributed by atoms with Gasteiger partial charge in [-0.15, -0.1) is 0 Å². The van der Waals surface area contributed by atoms with E-state index in [0.29, 0.717) is 11.1 Å². The fraction of sp³-hybridized carbons (Fsp3) is 0.100. The van der Waals surface area contributed by atoms with Crippen LogP contribution in [0.4, 0.5) is 5.95 Å². The van der Waals surface area contributed by atoms with Crippen molar-refractivity contribution in [2.24, 2.45) is 5.10 Å². The maximum Gasteiger partial charge on any atom is 0.270 e. The van der Waals surface area contributed by atoms with Gasteiger partial charge in [0.1, 0.15) is 11.6 Å². The van der Waals surface area contributed by atoms with Crippen molar-refractivity contribution < 1.29 is 8.42 Å². The van der Waals surface area contributed by atoms with Gasteiger partial charge >= 0.3 is 0 Å². The molecule has 3 aromatic rings. The summed E-state index contributed by atoms with van der Waals surface area (Å²) in [6, 6.07) is 17.7. The fourth-order valence-corrected chi connectivity index (χ4v) is 3.40. The summed E-state index contributed by atoms with van der Waals surface area (Å²) in [7, 11) is -3.09. The molecule has 0 bridgehead atoms. The molecule has 0 spiro atoms. The van der Waals surface area contributed by atoms with Crippen molar-refractivity contribution in [3.8, 4) is 17.3 Å². The van der Waals surface area contributed by atoms with Crippen molar-refractivity contribution in [3.05, 3.63) is 81.6 Å². The van der Waals surface area contributed by atoms with Crippen LogP contribution < -0.4 is 11.0 Å². The number of anilines is 1. The lowest BCUT2D eigenvalue weighted by Crippen LogP contribution is -2.16. The van der Waals surface area contributed by atoms with Crippen LogP contribution in [0.3, 0.4) is 0 Å². The third kappa shape index (κ3) is 5.37. The number of hydrogen-bond donors (Lipinski definition) is 2. The minimum atomic E-state index is -3.09. The average Bonchev–Trinajstić information content (AvgIpc) is 2.68. The molecular weight excluding hydrogens is 390 g/mol. The van der Waals surface area contributed by atoms with Crippen LogP contribution in [0.5, 0.6) is 0 Å². The fourth-order valence-electron chi connectivity index (χ4n) is 2.61. The smallest absolute Gasteiger partial charge is 0.270 e. The Kier molecular flexibility index (Phi) is 5.85. The second kappa shape index (κ2) is 8.50. The van der Waals surface area contributed by atoms with E-state index >= 15 is 0 Å². The third-order valence-corrected chi connectivity index (χ3v) is 4.73. The number of hydrogen-bond acceptors (Lipinski definition) is 7. The van der Waals surface area contributed by atoms with Crippen molar-refractivity contribution in [3.63, 3.8) is 0 Å². The first kappa shape index (κ1) is 20.0. The molecule has 0 unspecified atom stereocenters. The Morgan fingerprint density at radius 3 is 2.48 bits per heavy atom. The van der Waals surface area contributed by atoms with Crippen molar-refractivity contribution in [2.75, 3.05) is 11.7 Å². The van der Waals surface area contributed by atoms with Gasteiger partial charge in [0.05, 0.1) is 17.7 Å². The largest absolute Gasteiger partial charge is 0.290 e. The standard InChI is InChI=1S/C20H17N5O3S/c1-29(27,28)13-15-9-7-14(8-10-15)12-22-25-20-23-18(16-5-3-2-4-6-16)17(11-21)19(26)24-20/h2-10,12H,13H2,1H3,(H2,23,24,25,26). The zero-order valence-electron chi connectivity index (χ0n) is 15.5. The van der Waals surface area contributed by atoms with E-state index in [1.807, 2.05) is 12.1 Å². The van der Waals surface area contributed by atoms with Gasteiger partial charge < -0.3 is 0 Å². The SMILES string of the molecule is CS(=O)(=O)Cc1ccc(C=NNc2nc(-c3ccccc3)c(C#N)c(=O)[nH]2)cc1. The normalized spacial score (nSPS) is 11.3. The van der Waals surface area contributed by atoms with Gasteiger partial charge in [-0.25, -0.2) is 18.8 Å². The molecule has 0 saturated carbocycles. The highest BCUT2D eigenvalue weighted by atomic mass is 32.2. The maximum atomic E-state index is 12.2. The van der Waals surface area contributed by atoms with E-state index in [1.54, 1.807) is 48.5 Å². The van der Waals surface area contributed by atoms with E-state index in [-0.39, 0.29) is 23.0 Å². The minimum Gasteiger partial charge on any atom is -0.290 e. The average molecular weight is 407 g/mol. The monoisotopic (exact) mass is 407 g/mol. The summed E-state index contributed by atoms with van der Waals surface area (Å²) in [5, 5.41) is 13.3. The number of nitrogens with one attached hydrogen (secondary N) is 2. The van der Waals surface area contributed by atoms with E-state index in [0.717, 1.165) is 5.56 Å². The summed E-state index contributed by atoms with van der Waals surface area (Å²) >= 11 is 0. The number of nitriles is 1. The highest BCUT2D eigenvalue weighted by molar-refractivity contribution is 7.89. The third-order valence-electron chi connectivity index (χ3n) is 3.87. The van der Waals surface area contributed by atoms with Gasteiger partial charge in [0.25, 0.3) is 5.56 Å². The van der Waals surface area contributed by atoms with Crippen molar-refractivity contribution >= 4 is 22.0 Å². The van der Waals surface area contributed by atoms with Crippen LogP contribution >= 0.6 is 0 Å². The molecule has 9 heteroatoms. The second-order valence-corrected chi connectivity index (χ2v) is 8.44. The van der Waals surface area contributed by atoms with Gasteiger partial charge in [0, 0.05) is 11.8 Å². The molecule has 3 rings (SSSR count). The van der Waals surface area contributed by atoms with Crippen LogP contribution in [0.15, 0.2) is 64.5 Å². The zero-order chi connectivity index (χ0) is 20.9. The molecule has 1 aromatic heterocycles. The molecule has 0 aliphatic carbocycles. The first-order valence-corrected chi connectivity index (χ1v) is 10.6. The van der Waals surface area contributed by atoms with E-state index in [1.165, 1.54) is 12.5 Å². The van der Waals surface area contributed by atoms with Crippen molar-refractivity contribution in [1.29, 1.82) is 5.26 Å². The summed E-state index contributed by atoms with van der Waals surface area (Å²) in [4.78, 5) is 19.0. The Morgan fingerprint density at radius 2 is 1.86 bits per heavy atom. The Balaban J connectivity index is 1.80. The van der Waals surface area contributed by atoms with Gasteiger partial charge in [-0.1, -0.05) is 54.6 Å². The van der Waals surface area contributed by atoms with E-state index in [2.05, 4.69) is 20.5 Å². The van der Waals surface area contributed by atoms with E-state index in [4.69, 9.17) is 0 Å². The minimum absolute atomic E-state index is 0.0265. The van der Waals surface area contributed by atoms with Crippen LogP contribution in [0, 0.1) is 11.3 Å². The first-order valence-electron chi connectivity index (χ1n) is 8.51. The highest BCUT2D eigenvalue weighted by Crippen LogP contribution is 2.19. The van der Waals surface area contributed by atoms with Crippen LogP contribution in [-0.2, 0) is 15.6 Å². The molecule has 29 heavy (non-hydrogen) atoms. The topological polar surface area (TPSA) is 128 Å². The molecule has 146 valence electrons. The molecule has 0 atom stereocenters. The van der Waals surface area contributed by atoms with Gasteiger partial charge in [0.2, 0.25) is 5.95 Å². The predicted octanol–water partition coefficient (Wildman–Crippen LogP) is 2.30. The Bertz CT molecular complexity index is 1240. The molecular formula is C20H17N5O3S. The maximum absolute atomic E-state index is 12.2. The highest BCUT2D eigenvalue weighted by Gasteiger charge is 2.12. The van der Waals surface area contributed by atoms with Crippen LogP contribution in [0.1, 0.15) is 16.7 Å². The Hall–Kier alpha value is -3.77. The molecule has 0 aliphatic rings. The Labute approximate surface area is 167 Å². The van der Waals surface area contributed by atoms with E-state index < -0.39 is 15.4 Å². The van der Waals surface area contributed by atoms with Gasteiger partial charge in [-0.05, 0) is 11.1 Å². The number of H-pyrrole nitrogens is 1. The first-order chi connectivity index (χ1) is 13.9. The number of nitrogens with zero attached hydrogens (tertiary/aromatic N) is 3. The number of hydrazone groups is 1. The summed E-state index contributed by atoms with van der Waals surface area (Å²) in [5.74, 6) is 0.0687. The van der Waals surface area contributed by atoms with Gasteiger partial charge in [0.15, 0.2) is 9.84 Å². The van der Waals surface area contributed by atoms with Crippen molar-refractivity contribution in [2.45, 2.75) is 5.75 Å². The summed E-state index contributed by atoms with van der Waals surface area (Å²) in [5.41, 5.74) is 4.32. The van der Waals surface area contributed by atoms with Crippen molar-refractivity contribution in [1.82, 2.24) is 9.97 Å². The molecule has 2 N–H and O–H groups in total. The van der Waals surface area contributed by atoms with Gasteiger partial charge in [-0.3, -0.25) is 9.78 Å². The second-order valence-electron chi connectivity index (χ2n) is 6.30. The van der Waals surface area contributed by atoms with Gasteiger partial charge in [-0.2, -0.15) is 10.4 Å². The lowest BCUT2D eigenvalue weighted by atomic mass is 10.1. The molecule has 2 aromatic carbocycles. The molecule has 0 amide bonds. The van der Waals surface area contributed by atoms with E-state index in [9.17, 15) is 18.5 Å². The van der Waals surface area contributed by atoms with Crippen LogP contribution in [0.25, 0.3) is 11.3 Å². The summed E-state index contributed by atoms with van der Waals surface area (Å²) in [6.45, 7) is 0. The number of aromatic nitrogens is 2. The molecule has 0 fully saturated rings. The lowest BCUT2D eigenvalue weighted by molar-refractivity contribution is 0.601. The molecule has 0 aliphatic heterocycles. The molecule has 0 saturated heterocycles. The quantitative estimate of drug-likeness (QED) is 0.477. The predicted molar refractivity (Wildman–Crippen MR) is 111 cm³/mol. The summed E-state index contributed by atoms with van der Waals surface area (Å²) < 4.78 is 22.7. The number of rotatable bonds is 6. The lowest BCUT2D eigenvalue weighted by Gasteiger charge is -2.06. The molecule has 1 heterocycles. The van der Waals surface area contributed by atoms with Crippen LogP contribution in [-0.4, -0.2) is 30.9 Å². The number of sulfone groups is 1.